The van der Waals surface area contributed by atoms with E-state index in [1.807, 2.05) is 0 Å². The fraction of sp³-hybridized carbons (Fsp3) is 1.00. The van der Waals surface area contributed by atoms with E-state index in [2.05, 4.69) is 13.8 Å². The molecule has 1 aliphatic carbocycles. The highest BCUT2D eigenvalue weighted by Crippen LogP contribution is 2.31. The first-order chi connectivity index (χ1) is 6.53. The van der Waals surface area contributed by atoms with Crippen molar-refractivity contribution in [2.75, 3.05) is 7.11 Å². The van der Waals surface area contributed by atoms with Crippen LogP contribution in [0.5, 0.6) is 0 Å². The molecule has 0 spiro atoms. The molecule has 1 aliphatic rings. The summed E-state index contributed by atoms with van der Waals surface area (Å²) in [7, 11) is 1.78. The van der Waals surface area contributed by atoms with E-state index in [0.717, 1.165) is 18.8 Å². The number of ether oxygens (including phenoxy) is 1. The summed E-state index contributed by atoms with van der Waals surface area (Å²) in [6.07, 6.45) is 7.61. The van der Waals surface area contributed by atoms with Gasteiger partial charge in [-0.1, -0.05) is 19.3 Å². The van der Waals surface area contributed by atoms with Crippen LogP contribution in [0.15, 0.2) is 0 Å². The first-order valence-corrected chi connectivity index (χ1v) is 5.84. The average molecular weight is 199 g/mol. The Balaban J connectivity index is 2.10. The highest BCUT2D eigenvalue weighted by Gasteiger charge is 2.22. The van der Waals surface area contributed by atoms with Crippen molar-refractivity contribution < 1.29 is 4.74 Å². The maximum Gasteiger partial charge on any atom is 0.0623 e. The zero-order valence-corrected chi connectivity index (χ0v) is 9.88. The third-order valence-corrected chi connectivity index (χ3v) is 3.53. The first kappa shape index (κ1) is 12.0. The van der Waals surface area contributed by atoms with Crippen LogP contribution < -0.4 is 5.73 Å². The zero-order chi connectivity index (χ0) is 10.6. The normalized spacial score (nSPS) is 20.6. The Morgan fingerprint density at radius 1 is 1.43 bits per heavy atom. The number of methoxy groups -OCH3 is 1. The molecule has 1 saturated carbocycles. The van der Waals surface area contributed by atoms with Gasteiger partial charge in [-0.05, 0) is 39.0 Å². The number of nitrogens with two attached hydrogens (primary N) is 1. The highest BCUT2D eigenvalue weighted by atomic mass is 16.5. The van der Waals surface area contributed by atoms with Gasteiger partial charge < -0.3 is 10.5 Å². The smallest absolute Gasteiger partial charge is 0.0623 e. The minimum absolute atomic E-state index is 0.00274. The third-order valence-electron chi connectivity index (χ3n) is 3.53. The molecule has 0 aromatic heterocycles. The van der Waals surface area contributed by atoms with Crippen LogP contribution in [0.25, 0.3) is 0 Å². The molecular formula is C12H25NO. The Morgan fingerprint density at radius 2 is 2.07 bits per heavy atom. The summed E-state index contributed by atoms with van der Waals surface area (Å²) in [5.74, 6) is 0.927. The van der Waals surface area contributed by atoms with Crippen LogP contribution in [0.2, 0.25) is 0 Å². The highest BCUT2D eigenvalue weighted by molar-refractivity contribution is 4.78. The Kier molecular flexibility index (Phi) is 4.39. The molecule has 2 heteroatoms. The van der Waals surface area contributed by atoms with Crippen molar-refractivity contribution >= 4 is 0 Å². The topological polar surface area (TPSA) is 35.2 Å². The molecule has 2 N–H and O–H groups in total. The molecule has 1 fully saturated rings. The van der Waals surface area contributed by atoms with Crippen molar-refractivity contribution in [3.63, 3.8) is 0 Å². The van der Waals surface area contributed by atoms with Gasteiger partial charge in [0.1, 0.15) is 0 Å². The Bertz CT molecular complexity index is 164. The molecule has 0 aromatic carbocycles. The summed E-state index contributed by atoms with van der Waals surface area (Å²) in [6.45, 7) is 4.26. The lowest BCUT2D eigenvalue weighted by molar-refractivity contribution is 0.0118. The fourth-order valence-corrected chi connectivity index (χ4v) is 1.91. The van der Waals surface area contributed by atoms with Crippen LogP contribution in [0, 0.1) is 5.92 Å². The SMILES string of the molecule is COC(C)(C)CCC(N)CC1CCC1. The Morgan fingerprint density at radius 3 is 2.50 bits per heavy atom. The minimum atomic E-state index is -0.00274. The lowest BCUT2D eigenvalue weighted by Crippen LogP contribution is -2.30. The summed E-state index contributed by atoms with van der Waals surface area (Å²) in [6, 6.07) is 0.384. The van der Waals surface area contributed by atoms with Gasteiger partial charge in [-0.15, -0.1) is 0 Å². The summed E-state index contributed by atoms with van der Waals surface area (Å²) < 4.78 is 5.38. The van der Waals surface area contributed by atoms with Gasteiger partial charge in [0.15, 0.2) is 0 Å². The Hall–Kier alpha value is -0.0800. The average Bonchev–Trinajstić information content (AvgIpc) is 2.08. The van der Waals surface area contributed by atoms with Crippen molar-refractivity contribution in [1.82, 2.24) is 0 Å². The second kappa shape index (κ2) is 5.13. The van der Waals surface area contributed by atoms with E-state index < -0.39 is 0 Å². The molecule has 14 heavy (non-hydrogen) atoms. The molecule has 2 nitrogen and oxygen atoms in total. The molecular weight excluding hydrogens is 174 g/mol. The van der Waals surface area contributed by atoms with E-state index in [-0.39, 0.29) is 5.60 Å². The third kappa shape index (κ3) is 3.97. The molecule has 0 heterocycles. The van der Waals surface area contributed by atoms with Crippen LogP contribution in [0.1, 0.15) is 52.4 Å². The van der Waals surface area contributed by atoms with Gasteiger partial charge in [0.2, 0.25) is 0 Å². The minimum Gasteiger partial charge on any atom is -0.379 e. The molecule has 1 rings (SSSR count). The monoisotopic (exact) mass is 199 g/mol. The van der Waals surface area contributed by atoms with Gasteiger partial charge in [0.05, 0.1) is 5.60 Å². The van der Waals surface area contributed by atoms with E-state index in [1.54, 1.807) is 7.11 Å². The van der Waals surface area contributed by atoms with E-state index >= 15 is 0 Å². The van der Waals surface area contributed by atoms with Gasteiger partial charge >= 0.3 is 0 Å². The van der Waals surface area contributed by atoms with Gasteiger partial charge in [-0.3, -0.25) is 0 Å². The molecule has 0 bridgehead atoms. The molecule has 0 amide bonds. The van der Waals surface area contributed by atoms with E-state index in [9.17, 15) is 0 Å². The molecule has 1 unspecified atom stereocenters. The number of hydrogen-bond donors (Lipinski definition) is 1. The predicted octanol–water partition coefficient (Wildman–Crippen LogP) is 2.71. The lowest BCUT2D eigenvalue weighted by atomic mass is 9.80. The maximum absolute atomic E-state index is 6.09. The fourth-order valence-electron chi connectivity index (χ4n) is 1.91. The van der Waals surface area contributed by atoms with Crippen LogP contribution >= 0.6 is 0 Å². The number of rotatable bonds is 6. The van der Waals surface area contributed by atoms with Crippen LogP contribution in [-0.4, -0.2) is 18.8 Å². The quantitative estimate of drug-likeness (QED) is 0.714. The van der Waals surface area contributed by atoms with Gasteiger partial charge in [-0.2, -0.15) is 0 Å². The maximum atomic E-state index is 6.09. The summed E-state index contributed by atoms with van der Waals surface area (Å²) in [4.78, 5) is 0. The molecule has 0 aliphatic heterocycles. The zero-order valence-electron chi connectivity index (χ0n) is 9.88. The van der Waals surface area contributed by atoms with Crippen LogP contribution in [0.3, 0.4) is 0 Å². The van der Waals surface area contributed by atoms with Gasteiger partial charge in [0.25, 0.3) is 0 Å². The van der Waals surface area contributed by atoms with Gasteiger partial charge in [-0.25, -0.2) is 0 Å². The van der Waals surface area contributed by atoms with Gasteiger partial charge in [0, 0.05) is 13.2 Å². The van der Waals surface area contributed by atoms with Crippen molar-refractivity contribution in [3.8, 4) is 0 Å². The van der Waals surface area contributed by atoms with Crippen LogP contribution in [0.4, 0.5) is 0 Å². The van der Waals surface area contributed by atoms with Crippen molar-refractivity contribution in [2.45, 2.75) is 64.0 Å². The van der Waals surface area contributed by atoms with E-state index in [1.165, 1.54) is 25.7 Å². The molecule has 84 valence electrons. The Labute approximate surface area is 88.2 Å². The predicted molar refractivity (Wildman–Crippen MR) is 60.3 cm³/mol. The molecule has 1 atom stereocenters. The van der Waals surface area contributed by atoms with E-state index in [4.69, 9.17) is 10.5 Å². The van der Waals surface area contributed by atoms with Crippen molar-refractivity contribution in [2.24, 2.45) is 11.7 Å². The second-order valence-corrected chi connectivity index (χ2v) is 5.30. The first-order valence-electron chi connectivity index (χ1n) is 5.84. The summed E-state index contributed by atoms with van der Waals surface area (Å²) in [5.41, 5.74) is 6.09. The summed E-state index contributed by atoms with van der Waals surface area (Å²) in [5, 5.41) is 0. The van der Waals surface area contributed by atoms with Crippen LogP contribution in [-0.2, 0) is 4.74 Å². The molecule has 0 aromatic rings. The van der Waals surface area contributed by atoms with E-state index in [0.29, 0.717) is 6.04 Å². The molecule has 0 radical (unpaired) electrons. The number of hydrogen-bond acceptors (Lipinski definition) is 2. The van der Waals surface area contributed by atoms with Crippen molar-refractivity contribution in [3.05, 3.63) is 0 Å². The molecule has 0 saturated heterocycles. The van der Waals surface area contributed by atoms with Crippen molar-refractivity contribution in [1.29, 1.82) is 0 Å². The second-order valence-electron chi connectivity index (χ2n) is 5.30. The largest absolute Gasteiger partial charge is 0.379 e. The standard InChI is InChI=1S/C12H25NO/c1-12(2,14-3)8-7-11(13)9-10-5-4-6-10/h10-11H,4-9,13H2,1-3H3. The summed E-state index contributed by atoms with van der Waals surface area (Å²) >= 11 is 0. The lowest BCUT2D eigenvalue weighted by Gasteiger charge is -2.30.